The first-order valence-corrected chi connectivity index (χ1v) is 26.0. The van der Waals surface area contributed by atoms with E-state index >= 15 is 0 Å². The van der Waals surface area contributed by atoms with Crippen LogP contribution < -0.4 is 9.80 Å². The zero-order valence-electron chi connectivity index (χ0n) is 42.1. The van der Waals surface area contributed by atoms with Crippen LogP contribution in [0, 0.1) is 0 Å². The molecule has 0 aliphatic heterocycles. The number of benzene rings is 12. The fourth-order valence-electron chi connectivity index (χ4n) is 10.4. The van der Waals surface area contributed by atoms with E-state index in [0.717, 1.165) is 56.4 Å². The SMILES string of the molecule is C(=Cc1ccc(N(c2ccccc2)c2ccc(-c3c(-c4ccc(N(c5ccccc5)c5ccc(C=Cc6ccccc6)cc5)cc4)c(-c4ccccc4)c4ccccc4c3-c3ccccc3)cc2)cc1)c1ccccc1. The summed E-state index contributed by atoms with van der Waals surface area (Å²) in [5, 5.41) is 2.41. The lowest BCUT2D eigenvalue weighted by molar-refractivity contribution is 1.28. The van der Waals surface area contributed by atoms with E-state index in [1.54, 1.807) is 0 Å². The van der Waals surface area contributed by atoms with E-state index in [1.807, 2.05) is 12.1 Å². The quantitative estimate of drug-likeness (QED) is 0.100. The second-order valence-electron chi connectivity index (χ2n) is 18.9. The lowest BCUT2D eigenvalue weighted by Crippen LogP contribution is -2.10. The fraction of sp³-hybridized carbons (Fsp3) is 0. The van der Waals surface area contributed by atoms with Gasteiger partial charge in [0.2, 0.25) is 0 Å². The topological polar surface area (TPSA) is 6.48 Å². The van der Waals surface area contributed by atoms with Crippen molar-refractivity contribution >= 4 is 69.2 Å². The molecule has 0 atom stereocenters. The first-order chi connectivity index (χ1) is 37.7. The van der Waals surface area contributed by atoms with Crippen LogP contribution in [0.15, 0.2) is 303 Å². The summed E-state index contributed by atoms with van der Waals surface area (Å²) in [4.78, 5) is 4.69. The van der Waals surface area contributed by atoms with Crippen molar-refractivity contribution in [2.75, 3.05) is 9.80 Å². The highest BCUT2D eigenvalue weighted by molar-refractivity contribution is 6.18. The Morgan fingerprint density at radius 2 is 0.395 bits per heavy atom. The highest BCUT2D eigenvalue weighted by atomic mass is 15.1. The monoisotopic (exact) mass is 970 g/mol. The minimum absolute atomic E-state index is 1.07. The molecule has 0 saturated carbocycles. The lowest BCUT2D eigenvalue weighted by atomic mass is 9.79. The third kappa shape index (κ3) is 10.0. The van der Waals surface area contributed by atoms with E-state index in [4.69, 9.17) is 0 Å². The average molecular weight is 971 g/mol. The Morgan fingerprint density at radius 3 is 0.711 bits per heavy atom. The number of anilines is 6. The van der Waals surface area contributed by atoms with E-state index in [-0.39, 0.29) is 0 Å². The molecule has 2 nitrogen and oxygen atoms in total. The van der Waals surface area contributed by atoms with Crippen LogP contribution in [0.5, 0.6) is 0 Å². The maximum Gasteiger partial charge on any atom is 0.0462 e. The third-order valence-corrected chi connectivity index (χ3v) is 14.0. The van der Waals surface area contributed by atoms with Gasteiger partial charge in [0.25, 0.3) is 0 Å². The Labute approximate surface area is 446 Å². The molecule has 12 rings (SSSR count). The van der Waals surface area contributed by atoms with Crippen LogP contribution in [-0.2, 0) is 0 Å². The van der Waals surface area contributed by atoms with Gasteiger partial charge in [-0.1, -0.05) is 255 Å². The van der Waals surface area contributed by atoms with Crippen molar-refractivity contribution < 1.29 is 0 Å². The van der Waals surface area contributed by atoms with Gasteiger partial charge in [0, 0.05) is 34.1 Å². The van der Waals surface area contributed by atoms with Gasteiger partial charge in [0.1, 0.15) is 0 Å². The molecule has 0 amide bonds. The summed E-state index contributed by atoms with van der Waals surface area (Å²) in [7, 11) is 0. The van der Waals surface area contributed by atoms with E-state index in [9.17, 15) is 0 Å². The van der Waals surface area contributed by atoms with Crippen molar-refractivity contribution in [2.24, 2.45) is 0 Å². The van der Waals surface area contributed by atoms with E-state index in [1.165, 1.54) is 55.3 Å². The summed E-state index contributed by atoms with van der Waals surface area (Å²) in [6, 6.07) is 109. The minimum Gasteiger partial charge on any atom is -0.311 e. The molecule has 12 aromatic carbocycles. The molecule has 2 heteroatoms. The third-order valence-electron chi connectivity index (χ3n) is 14.0. The normalized spacial score (nSPS) is 11.3. The lowest BCUT2D eigenvalue weighted by Gasteiger charge is -2.28. The molecular weight excluding hydrogens is 917 g/mol. The minimum atomic E-state index is 1.07. The van der Waals surface area contributed by atoms with Crippen molar-refractivity contribution in [3.63, 3.8) is 0 Å². The molecule has 0 aromatic heterocycles. The predicted octanol–water partition coefficient (Wildman–Crippen LogP) is 20.8. The van der Waals surface area contributed by atoms with Gasteiger partial charge in [0.05, 0.1) is 0 Å². The molecule has 0 radical (unpaired) electrons. The van der Waals surface area contributed by atoms with Gasteiger partial charge in [-0.2, -0.15) is 0 Å². The molecular formula is C74H54N2. The Kier molecular flexibility index (Phi) is 13.6. The van der Waals surface area contributed by atoms with Crippen LogP contribution >= 0.6 is 0 Å². The fourth-order valence-corrected chi connectivity index (χ4v) is 10.4. The van der Waals surface area contributed by atoms with Crippen molar-refractivity contribution in [2.45, 2.75) is 0 Å². The van der Waals surface area contributed by atoms with Crippen molar-refractivity contribution in [3.8, 4) is 44.5 Å². The summed E-state index contributed by atoms with van der Waals surface area (Å²) in [5.41, 5.74) is 20.5. The average Bonchev–Trinajstić information content (AvgIpc) is 3.53. The van der Waals surface area contributed by atoms with E-state index in [2.05, 4.69) is 325 Å². The van der Waals surface area contributed by atoms with Crippen molar-refractivity contribution in [1.82, 2.24) is 0 Å². The number of rotatable bonds is 14. The Morgan fingerprint density at radius 1 is 0.171 bits per heavy atom. The summed E-state index contributed by atoms with van der Waals surface area (Å²) in [6.45, 7) is 0. The molecule has 0 bridgehead atoms. The Bertz CT molecular complexity index is 3630. The van der Waals surface area contributed by atoms with Gasteiger partial charge in [0.15, 0.2) is 0 Å². The molecule has 76 heavy (non-hydrogen) atoms. The first-order valence-electron chi connectivity index (χ1n) is 26.0. The zero-order valence-corrected chi connectivity index (χ0v) is 42.1. The highest BCUT2D eigenvalue weighted by Gasteiger charge is 2.25. The smallest absolute Gasteiger partial charge is 0.0462 e. The maximum atomic E-state index is 2.34. The first kappa shape index (κ1) is 47.0. The Hall–Kier alpha value is -10.0. The molecule has 0 aliphatic rings. The van der Waals surface area contributed by atoms with Crippen molar-refractivity contribution in [1.29, 1.82) is 0 Å². The number of fused-ring (bicyclic) bond motifs is 1. The van der Waals surface area contributed by atoms with Gasteiger partial charge < -0.3 is 9.80 Å². The van der Waals surface area contributed by atoms with Crippen molar-refractivity contribution in [3.05, 3.63) is 326 Å². The number of hydrogen-bond donors (Lipinski definition) is 0. The molecule has 0 unspecified atom stereocenters. The summed E-state index contributed by atoms with van der Waals surface area (Å²) in [5.74, 6) is 0. The molecule has 0 heterocycles. The van der Waals surface area contributed by atoms with Gasteiger partial charge in [-0.3, -0.25) is 0 Å². The molecule has 0 N–H and O–H groups in total. The van der Waals surface area contributed by atoms with Gasteiger partial charge in [-0.15, -0.1) is 0 Å². The second kappa shape index (κ2) is 22.0. The molecule has 12 aromatic rings. The van der Waals surface area contributed by atoms with Crippen LogP contribution in [0.1, 0.15) is 22.3 Å². The molecule has 0 saturated heterocycles. The molecule has 0 fully saturated rings. The van der Waals surface area contributed by atoms with Gasteiger partial charge in [-0.05, 0) is 150 Å². The number of para-hydroxylation sites is 2. The number of hydrogen-bond acceptors (Lipinski definition) is 2. The second-order valence-corrected chi connectivity index (χ2v) is 18.9. The van der Waals surface area contributed by atoms with Crippen LogP contribution in [0.2, 0.25) is 0 Å². The van der Waals surface area contributed by atoms with E-state index < -0.39 is 0 Å². The van der Waals surface area contributed by atoms with Crippen LogP contribution in [0.4, 0.5) is 34.1 Å². The largest absolute Gasteiger partial charge is 0.311 e. The number of nitrogens with zero attached hydrogens (tertiary/aromatic N) is 2. The molecule has 360 valence electrons. The molecule has 0 spiro atoms. The summed E-state index contributed by atoms with van der Waals surface area (Å²) in [6.07, 6.45) is 8.67. The predicted molar refractivity (Wildman–Crippen MR) is 326 cm³/mol. The highest BCUT2D eigenvalue weighted by Crippen LogP contribution is 2.52. The summed E-state index contributed by atoms with van der Waals surface area (Å²) >= 11 is 0. The summed E-state index contributed by atoms with van der Waals surface area (Å²) < 4.78 is 0. The maximum absolute atomic E-state index is 2.34. The zero-order chi connectivity index (χ0) is 50.9. The van der Waals surface area contributed by atoms with Gasteiger partial charge >= 0.3 is 0 Å². The van der Waals surface area contributed by atoms with Gasteiger partial charge in [-0.25, -0.2) is 0 Å². The van der Waals surface area contributed by atoms with Crippen LogP contribution in [0.25, 0.3) is 79.6 Å². The molecule has 0 aliphatic carbocycles. The standard InChI is InChI=1S/C74H54N2/c1-7-21-55(22-8-1)35-37-57-39-47-65(48-40-57)75(63-29-15-5-16-30-63)67-51-43-61(44-52-67)73-71(59-25-11-3-12-26-59)69-33-19-20-34-70(69)72(60-27-13-4-14-28-60)74(73)62-45-53-68(54-46-62)76(64-31-17-6-18-32-64)66-49-41-58(42-50-66)38-36-56-23-9-2-10-24-56/h1-54H. The van der Waals surface area contributed by atoms with Crippen LogP contribution in [-0.4, -0.2) is 0 Å². The Balaban J connectivity index is 1.01. The van der Waals surface area contributed by atoms with Crippen LogP contribution in [0.3, 0.4) is 0 Å². The van der Waals surface area contributed by atoms with E-state index in [0.29, 0.717) is 0 Å².